The Morgan fingerprint density at radius 1 is 0.952 bits per heavy atom. The van der Waals surface area contributed by atoms with E-state index in [9.17, 15) is 4.79 Å². The summed E-state index contributed by atoms with van der Waals surface area (Å²) >= 11 is 13.0. The van der Waals surface area contributed by atoms with E-state index in [1.54, 1.807) is 4.90 Å². The fourth-order valence-corrected chi connectivity index (χ4v) is 6.22. The van der Waals surface area contributed by atoms with E-state index in [1.807, 2.05) is 95.8 Å². The summed E-state index contributed by atoms with van der Waals surface area (Å²) in [4.78, 5) is 15.8. The molecule has 0 atom stereocenters. The van der Waals surface area contributed by atoms with E-state index in [0.29, 0.717) is 27.4 Å². The van der Waals surface area contributed by atoms with Crippen LogP contribution in [0, 0.1) is 0 Å². The van der Waals surface area contributed by atoms with Gasteiger partial charge in [-0.2, -0.15) is 5.10 Å². The number of halogens is 1. The third kappa shape index (κ3) is 7.71. The molecule has 1 amide bonds. The molecular formula is C34H34ClN3O2S2. The molecule has 1 aliphatic rings. The number of nitrogens with zero attached hydrogens (tertiary/aromatic N) is 3. The summed E-state index contributed by atoms with van der Waals surface area (Å²) in [6.07, 6.45) is 10.9. The summed E-state index contributed by atoms with van der Waals surface area (Å²) in [5, 5.41) is 5.64. The molecule has 1 aromatic heterocycles. The Morgan fingerprint density at radius 3 is 2.50 bits per heavy atom. The van der Waals surface area contributed by atoms with Crippen molar-refractivity contribution in [3.8, 4) is 22.7 Å². The first kappa shape index (κ1) is 30.1. The molecule has 1 aliphatic heterocycles. The highest BCUT2D eigenvalue weighted by molar-refractivity contribution is 8.26. The third-order valence-corrected chi connectivity index (χ3v) is 8.71. The van der Waals surface area contributed by atoms with Gasteiger partial charge in [0.2, 0.25) is 0 Å². The summed E-state index contributed by atoms with van der Waals surface area (Å²) in [5.41, 5.74) is 4.46. The Bertz CT molecular complexity index is 1550. The average molecular weight is 616 g/mol. The molecule has 8 heteroatoms. The molecule has 0 aliphatic carbocycles. The fourth-order valence-electron chi connectivity index (χ4n) is 4.79. The molecule has 0 N–H and O–H groups in total. The number of carbonyl (C=O) groups is 1. The molecule has 42 heavy (non-hydrogen) atoms. The van der Waals surface area contributed by atoms with Crippen LogP contribution in [0.4, 0.5) is 0 Å². The molecule has 0 unspecified atom stereocenters. The molecule has 4 aromatic rings. The number of hydrogen-bond acceptors (Lipinski definition) is 5. The zero-order valence-corrected chi connectivity index (χ0v) is 26.1. The predicted molar refractivity (Wildman–Crippen MR) is 178 cm³/mol. The van der Waals surface area contributed by atoms with Gasteiger partial charge in [-0.25, -0.2) is 4.68 Å². The SMILES string of the molecule is CCCCCCCCN1C(=O)C(=Cc2cn(-c3ccccc3)nc2-c2cccc(OCc3ccc(Cl)cc3)c2)SC1=S. The number of para-hydroxylation sites is 1. The molecule has 216 valence electrons. The van der Waals surface area contributed by atoms with Crippen molar-refractivity contribution in [1.29, 1.82) is 0 Å². The lowest BCUT2D eigenvalue weighted by Gasteiger charge is -2.14. The third-order valence-electron chi connectivity index (χ3n) is 7.08. The minimum absolute atomic E-state index is 0.0305. The van der Waals surface area contributed by atoms with Crippen molar-refractivity contribution in [2.24, 2.45) is 0 Å². The Morgan fingerprint density at radius 2 is 1.71 bits per heavy atom. The second kappa shape index (κ2) is 14.7. The zero-order valence-electron chi connectivity index (χ0n) is 23.7. The van der Waals surface area contributed by atoms with E-state index in [0.717, 1.165) is 46.7 Å². The standard InChI is InChI=1S/C34H34ClN3O2S2/c1-2-3-4-5-6-10-20-37-33(39)31(42-34(37)41)22-27-23-38(29-13-8-7-9-14-29)36-32(27)26-12-11-15-30(21-26)40-24-25-16-18-28(35)19-17-25/h7-9,11-19,21-23H,2-6,10,20,24H2,1H3. The number of thiocarbonyl (C=S) groups is 1. The minimum atomic E-state index is -0.0305. The minimum Gasteiger partial charge on any atom is -0.489 e. The quantitative estimate of drug-likeness (QED) is 0.0852. The molecule has 0 radical (unpaired) electrons. The number of hydrogen-bond donors (Lipinski definition) is 0. The van der Waals surface area contributed by atoms with Gasteiger partial charge in [-0.05, 0) is 54.5 Å². The maximum absolute atomic E-state index is 13.4. The first-order valence-electron chi connectivity index (χ1n) is 14.4. The van der Waals surface area contributed by atoms with Crippen LogP contribution in [0.2, 0.25) is 5.02 Å². The van der Waals surface area contributed by atoms with E-state index >= 15 is 0 Å². The highest BCUT2D eigenvalue weighted by atomic mass is 35.5. The topological polar surface area (TPSA) is 47.4 Å². The summed E-state index contributed by atoms with van der Waals surface area (Å²) in [5.74, 6) is 0.699. The Labute approximate surface area is 262 Å². The Hall–Kier alpha value is -3.39. The largest absolute Gasteiger partial charge is 0.489 e. The van der Waals surface area contributed by atoms with Crippen LogP contribution in [0.5, 0.6) is 5.75 Å². The van der Waals surface area contributed by atoms with Crippen LogP contribution in [0.3, 0.4) is 0 Å². The van der Waals surface area contributed by atoms with Crippen LogP contribution in [0.1, 0.15) is 56.6 Å². The molecule has 2 heterocycles. The number of amides is 1. The summed E-state index contributed by atoms with van der Waals surface area (Å²) < 4.78 is 8.56. The van der Waals surface area contributed by atoms with E-state index in [2.05, 4.69) is 6.92 Å². The average Bonchev–Trinajstić information content (AvgIpc) is 3.55. The van der Waals surface area contributed by atoms with Gasteiger partial charge in [0, 0.05) is 28.9 Å². The van der Waals surface area contributed by atoms with Crippen molar-refractivity contribution in [1.82, 2.24) is 14.7 Å². The number of unbranched alkanes of at least 4 members (excludes halogenated alkanes) is 5. The van der Waals surface area contributed by atoms with Gasteiger partial charge in [0.1, 0.15) is 22.4 Å². The lowest BCUT2D eigenvalue weighted by atomic mass is 10.1. The van der Waals surface area contributed by atoms with Crippen LogP contribution >= 0.6 is 35.6 Å². The van der Waals surface area contributed by atoms with Crippen LogP contribution < -0.4 is 4.74 Å². The smallest absolute Gasteiger partial charge is 0.266 e. The van der Waals surface area contributed by atoms with Crippen LogP contribution in [0.25, 0.3) is 23.0 Å². The molecule has 5 nitrogen and oxygen atoms in total. The first-order valence-corrected chi connectivity index (χ1v) is 16.0. The van der Waals surface area contributed by atoms with Gasteiger partial charge < -0.3 is 4.74 Å². The highest BCUT2D eigenvalue weighted by Gasteiger charge is 2.32. The van der Waals surface area contributed by atoms with Gasteiger partial charge in [-0.15, -0.1) is 0 Å². The molecule has 1 saturated heterocycles. The Kier molecular flexibility index (Phi) is 10.5. The summed E-state index contributed by atoms with van der Waals surface area (Å²) in [6, 6.07) is 25.4. The van der Waals surface area contributed by atoms with Crippen LogP contribution in [-0.2, 0) is 11.4 Å². The predicted octanol–water partition coefficient (Wildman–Crippen LogP) is 9.33. The maximum atomic E-state index is 13.4. The van der Waals surface area contributed by atoms with Gasteiger partial charge in [-0.1, -0.05) is 117 Å². The van der Waals surface area contributed by atoms with Gasteiger partial charge in [-0.3, -0.25) is 9.69 Å². The summed E-state index contributed by atoms with van der Waals surface area (Å²) in [6.45, 7) is 3.30. The number of carbonyl (C=O) groups excluding carboxylic acids is 1. The number of rotatable bonds is 13. The highest BCUT2D eigenvalue weighted by Crippen LogP contribution is 2.35. The van der Waals surface area contributed by atoms with Crippen molar-refractivity contribution >= 4 is 51.9 Å². The van der Waals surface area contributed by atoms with Crippen molar-refractivity contribution in [3.05, 3.63) is 106 Å². The van der Waals surface area contributed by atoms with Crippen LogP contribution in [-0.4, -0.2) is 31.5 Å². The number of ether oxygens (including phenoxy) is 1. The zero-order chi connectivity index (χ0) is 29.3. The number of benzene rings is 3. The molecule has 1 fully saturated rings. The monoisotopic (exact) mass is 615 g/mol. The number of thioether (sulfide) groups is 1. The van der Waals surface area contributed by atoms with E-state index < -0.39 is 0 Å². The van der Waals surface area contributed by atoms with Crippen molar-refractivity contribution < 1.29 is 9.53 Å². The summed E-state index contributed by atoms with van der Waals surface area (Å²) in [7, 11) is 0. The maximum Gasteiger partial charge on any atom is 0.266 e. The molecule has 5 rings (SSSR count). The van der Waals surface area contributed by atoms with E-state index in [4.69, 9.17) is 33.7 Å². The van der Waals surface area contributed by atoms with Gasteiger partial charge in [0.15, 0.2) is 0 Å². The normalized spacial score (nSPS) is 14.2. The molecule has 0 bridgehead atoms. The fraction of sp³-hybridized carbons (Fsp3) is 0.265. The number of aromatic nitrogens is 2. The lowest BCUT2D eigenvalue weighted by Crippen LogP contribution is -2.29. The van der Waals surface area contributed by atoms with Crippen molar-refractivity contribution in [2.75, 3.05) is 6.54 Å². The van der Waals surface area contributed by atoms with Crippen LogP contribution in [0.15, 0.2) is 90.0 Å². The second-order valence-corrected chi connectivity index (χ2v) is 12.4. The first-order chi connectivity index (χ1) is 20.5. The molecule has 0 spiro atoms. The van der Waals surface area contributed by atoms with Crippen molar-refractivity contribution in [2.45, 2.75) is 52.1 Å². The van der Waals surface area contributed by atoms with Gasteiger partial charge in [0.25, 0.3) is 5.91 Å². The second-order valence-electron chi connectivity index (χ2n) is 10.3. The molecule has 3 aromatic carbocycles. The molecule has 0 saturated carbocycles. The van der Waals surface area contributed by atoms with E-state index in [1.165, 1.54) is 37.4 Å². The Balaban J connectivity index is 1.38. The van der Waals surface area contributed by atoms with Gasteiger partial charge in [0.05, 0.1) is 10.6 Å². The van der Waals surface area contributed by atoms with E-state index in [-0.39, 0.29) is 5.91 Å². The van der Waals surface area contributed by atoms with Crippen molar-refractivity contribution in [3.63, 3.8) is 0 Å². The lowest BCUT2D eigenvalue weighted by molar-refractivity contribution is -0.122. The molecular weight excluding hydrogens is 582 g/mol. The van der Waals surface area contributed by atoms with Gasteiger partial charge >= 0.3 is 0 Å².